The highest BCUT2D eigenvalue weighted by Gasteiger charge is 2.51. The van der Waals surface area contributed by atoms with Gasteiger partial charge in [-0.25, -0.2) is 0 Å². The largest absolute Gasteiger partial charge is 0.481 e. The molecule has 0 heterocycles. The molecule has 0 spiro atoms. The fraction of sp³-hybridized carbons (Fsp3) is 0.840. The van der Waals surface area contributed by atoms with Gasteiger partial charge in [0.1, 0.15) is 0 Å². The van der Waals surface area contributed by atoms with Gasteiger partial charge in [0.25, 0.3) is 0 Å². The molecule has 2 N–H and O–H groups in total. The summed E-state index contributed by atoms with van der Waals surface area (Å²) in [6, 6.07) is 0. The van der Waals surface area contributed by atoms with Gasteiger partial charge in [-0.15, -0.1) is 0 Å². The monoisotopic (exact) mass is 405 g/mol. The van der Waals surface area contributed by atoms with Crippen LogP contribution in [0.15, 0.2) is 12.2 Å². The summed E-state index contributed by atoms with van der Waals surface area (Å²) in [5.74, 6) is -1.59. The van der Waals surface area contributed by atoms with Crippen molar-refractivity contribution in [3.8, 4) is 0 Å². The van der Waals surface area contributed by atoms with Gasteiger partial charge in [0, 0.05) is 6.54 Å². The number of carbonyl (C=O) groups excluding carboxylic acids is 1. The second-order valence-electron chi connectivity index (χ2n) is 9.23. The Balaban J connectivity index is 1.40. The molecule has 4 unspecified atom stereocenters. The zero-order valence-electron chi connectivity index (χ0n) is 18.5. The number of hydrogen-bond donors (Lipinski definition) is 2. The van der Waals surface area contributed by atoms with Gasteiger partial charge >= 0.3 is 5.97 Å². The topological polar surface area (TPSA) is 66.4 Å². The quantitative estimate of drug-likeness (QED) is 0.227. The number of carbonyl (C=O) groups is 2. The van der Waals surface area contributed by atoms with E-state index in [2.05, 4.69) is 12.2 Å². The Bertz CT molecular complexity index is 516. The predicted molar refractivity (Wildman–Crippen MR) is 119 cm³/mol. The van der Waals surface area contributed by atoms with E-state index in [1.54, 1.807) is 0 Å². The van der Waals surface area contributed by atoms with Gasteiger partial charge in [-0.1, -0.05) is 103 Å². The van der Waals surface area contributed by atoms with Crippen LogP contribution in [0.25, 0.3) is 0 Å². The number of hydrogen-bond acceptors (Lipinski definition) is 2. The molecule has 29 heavy (non-hydrogen) atoms. The normalized spacial score (nSPS) is 24.9. The Hall–Kier alpha value is -1.32. The molecule has 1 fully saturated rings. The van der Waals surface area contributed by atoms with Crippen molar-refractivity contribution in [2.45, 2.75) is 103 Å². The van der Waals surface area contributed by atoms with Gasteiger partial charge in [0.05, 0.1) is 11.8 Å². The smallest absolute Gasteiger partial charge is 0.307 e. The van der Waals surface area contributed by atoms with Gasteiger partial charge < -0.3 is 10.4 Å². The Morgan fingerprint density at radius 2 is 1.21 bits per heavy atom. The van der Waals surface area contributed by atoms with Crippen molar-refractivity contribution in [1.29, 1.82) is 0 Å². The zero-order valence-corrected chi connectivity index (χ0v) is 18.5. The van der Waals surface area contributed by atoms with Crippen molar-refractivity contribution in [2.24, 2.45) is 23.7 Å². The third-order valence-corrected chi connectivity index (χ3v) is 6.88. The highest BCUT2D eigenvalue weighted by molar-refractivity contribution is 5.86. The highest BCUT2D eigenvalue weighted by atomic mass is 16.4. The molecule has 0 saturated heterocycles. The first kappa shape index (κ1) is 24.0. The lowest BCUT2D eigenvalue weighted by Gasteiger charge is -2.23. The summed E-state index contributed by atoms with van der Waals surface area (Å²) < 4.78 is 0. The molecule has 0 aromatic heterocycles. The molecule has 2 aliphatic carbocycles. The number of nitrogens with one attached hydrogen (secondary N) is 1. The molecule has 0 aliphatic heterocycles. The van der Waals surface area contributed by atoms with Crippen LogP contribution in [0.2, 0.25) is 0 Å². The average Bonchev–Trinajstić information content (AvgIpc) is 3.32. The minimum atomic E-state index is -0.821. The average molecular weight is 406 g/mol. The molecule has 4 heteroatoms. The van der Waals surface area contributed by atoms with Crippen molar-refractivity contribution in [1.82, 2.24) is 5.32 Å². The number of aliphatic carboxylic acids is 1. The number of allylic oxidation sites excluding steroid dienone is 2. The van der Waals surface area contributed by atoms with Gasteiger partial charge in [0.15, 0.2) is 0 Å². The summed E-state index contributed by atoms with van der Waals surface area (Å²) >= 11 is 0. The van der Waals surface area contributed by atoms with Crippen LogP contribution < -0.4 is 5.32 Å². The van der Waals surface area contributed by atoms with E-state index in [4.69, 9.17) is 0 Å². The second-order valence-corrected chi connectivity index (χ2v) is 9.23. The standard InChI is InChI=1S/C25H43NO3/c1-2-3-4-5-6-7-8-9-10-11-12-13-14-15-18-26-24(27)22-20-16-17-21(19-20)23(22)25(28)29/h16-17,20-23H,2-15,18-19H2,1H3,(H,26,27)(H,28,29). The van der Waals surface area contributed by atoms with Crippen molar-refractivity contribution < 1.29 is 14.7 Å². The predicted octanol–water partition coefficient (Wildman–Crippen LogP) is 6.11. The number of amides is 1. The highest BCUT2D eigenvalue weighted by Crippen LogP contribution is 2.48. The molecular weight excluding hydrogens is 362 g/mol. The molecule has 2 rings (SSSR count). The number of carboxylic acids is 1. The van der Waals surface area contributed by atoms with E-state index in [0.717, 1.165) is 19.3 Å². The molecule has 4 atom stereocenters. The van der Waals surface area contributed by atoms with Crippen LogP contribution in [0.3, 0.4) is 0 Å². The van der Waals surface area contributed by atoms with Crippen LogP contribution >= 0.6 is 0 Å². The SMILES string of the molecule is CCCCCCCCCCCCCCCCNC(=O)C1C2C=CC(C2)C1C(=O)O. The van der Waals surface area contributed by atoms with Crippen molar-refractivity contribution >= 4 is 11.9 Å². The number of fused-ring (bicyclic) bond motifs is 2. The third-order valence-electron chi connectivity index (χ3n) is 6.88. The van der Waals surface area contributed by atoms with E-state index >= 15 is 0 Å². The first-order valence-corrected chi connectivity index (χ1v) is 12.3. The lowest BCUT2D eigenvalue weighted by Crippen LogP contribution is -2.40. The first-order chi connectivity index (χ1) is 14.1. The number of carboxylic acid groups (broad SMARTS) is 1. The Labute approximate surface area is 177 Å². The maximum Gasteiger partial charge on any atom is 0.307 e. The molecule has 2 aliphatic rings. The molecular formula is C25H43NO3. The fourth-order valence-corrected chi connectivity index (χ4v) is 5.17. The van der Waals surface area contributed by atoms with Gasteiger partial charge in [0.2, 0.25) is 5.91 Å². The van der Waals surface area contributed by atoms with Crippen LogP contribution in [0.5, 0.6) is 0 Å². The van der Waals surface area contributed by atoms with E-state index in [0.29, 0.717) is 6.54 Å². The van der Waals surface area contributed by atoms with Gasteiger partial charge in [-0.3, -0.25) is 9.59 Å². The molecule has 0 aromatic carbocycles. The second kappa shape index (κ2) is 13.8. The van der Waals surface area contributed by atoms with E-state index in [1.807, 2.05) is 12.2 Å². The molecule has 0 radical (unpaired) electrons. The van der Waals surface area contributed by atoms with Crippen molar-refractivity contribution in [3.05, 3.63) is 12.2 Å². The molecule has 0 aromatic rings. The van der Waals surface area contributed by atoms with Crippen molar-refractivity contribution in [2.75, 3.05) is 6.54 Å². The molecule has 4 nitrogen and oxygen atoms in total. The van der Waals surface area contributed by atoms with Crippen molar-refractivity contribution in [3.63, 3.8) is 0 Å². The van der Waals surface area contributed by atoms with E-state index in [1.165, 1.54) is 77.0 Å². The van der Waals surface area contributed by atoms with Crippen LogP contribution in [0, 0.1) is 23.7 Å². The van der Waals surface area contributed by atoms with Crippen LogP contribution in [0.1, 0.15) is 103 Å². The van der Waals surface area contributed by atoms with Crippen LogP contribution in [-0.4, -0.2) is 23.5 Å². The summed E-state index contributed by atoms with van der Waals surface area (Å²) in [6.45, 7) is 2.95. The van der Waals surface area contributed by atoms with Crippen LogP contribution in [-0.2, 0) is 9.59 Å². The van der Waals surface area contributed by atoms with E-state index in [9.17, 15) is 14.7 Å². The maximum absolute atomic E-state index is 12.5. The molecule has 166 valence electrons. The van der Waals surface area contributed by atoms with E-state index in [-0.39, 0.29) is 23.7 Å². The number of rotatable bonds is 17. The lowest BCUT2D eigenvalue weighted by molar-refractivity contribution is -0.147. The Morgan fingerprint density at radius 1 is 0.759 bits per heavy atom. The lowest BCUT2D eigenvalue weighted by atomic mass is 9.82. The minimum absolute atomic E-state index is 0.0503. The zero-order chi connectivity index (χ0) is 20.9. The maximum atomic E-state index is 12.5. The molecule has 1 saturated carbocycles. The molecule has 1 amide bonds. The molecule has 2 bridgehead atoms. The van der Waals surface area contributed by atoms with E-state index < -0.39 is 11.9 Å². The summed E-state index contributed by atoms with van der Waals surface area (Å²) in [4.78, 5) is 24.0. The third kappa shape index (κ3) is 8.14. The minimum Gasteiger partial charge on any atom is -0.481 e. The fourth-order valence-electron chi connectivity index (χ4n) is 5.17. The first-order valence-electron chi connectivity index (χ1n) is 12.3. The summed E-state index contributed by atoms with van der Waals surface area (Å²) in [6.07, 6.45) is 23.4. The Morgan fingerprint density at radius 3 is 1.69 bits per heavy atom. The number of unbranched alkanes of at least 4 members (excludes halogenated alkanes) is 13. The van der Waals surface area contributed by atoms with Crippen LogP contribution in [0.4, 0.5) is 0 Å². The van der Waals surface area contributed by atoms with Gasteiger partial charge in [-0.2, -0.15) is 0 Å². The summed E-state index contributed by atoms with van der Waals surface area (Å²) in [7, 11) is 0. The summed E-state index contributed by atoms with van der Waals surface area (Å²) in [5.41, 5.74) is 0. The van der Waals surface area contributed by atoms with Gasteiger partial charge in [-0.05, 0) is 24.7 Å². The summed E-state index contributed by atoms with van der Waals surface area (Å²) in [5, 5.41) is 12.4. The Kier molecular flexibility index (Phi) is 11.4.